The fourth-order valence-electron chi connectivity index (χ4n) is 2.86. The molecular weight excluding hydrogens is 318 g/mol. The van der Waals surface area contributed by atoms with E-state index in [1.54, 1.807) is 17.1 Å². The van der Waals surface area contributed by atoms with Crippen molar-refractivity contribution in [2.75, 3.05) is 11.9 Å². The Hall–Kier alpha value is -3.35. The van der Waals surface area contributed by atoms with Gasteiger partial charge < -0.3 is 15.4 Å². The van der Waals surface area contributed by atoms with Gasteiger partial charge in [0.1, 0.15) is 5.75 Å². The molecule has 4 rings (SSSR count). The number of urea groups is 1. The monoisotopic (exact) mass is 335 g/mol. The molecule has 0 spiro atoms. The van der Waals surface area contributed by atoms with Crippen LogP contribution in [0.4, 0.5) is 10.5 Å². The van der Waals surface area contributed by atoms with Crippen molar-refractivity contribution in [2.45, 2.75) is 12.5 Å². The first kappa shape index (κ1) is 15.2. The highest BCUT2D eigenvalue weighted by atomic mass is 16.5. The number of amides is 2. The molecule has 1 aliphatic rings. The molecule has 7 heteroatoms. The van der Waals surface area contributed by atoms with Gasteiger partial charge >= 0.3 is 6.03 Å². The lowest BCUT2D eigenvalue weighted by Crippen LogP contribution is -2.35. The summed E-state index contributed by atoms with van der Waals surface area (Å²) < 4.78 is 7.27. The summed E-state index contributed by atoms with van der Waals surface area (Å²) in [6.45, 7) is 0.592. The number of rotatable bonds is 3. The van der Waals surface area contributed by atoms with Crippen molar-refractivity contribution in [3.8, 4) is 11.4 Å². The topological polar surface area (TPSA) is 81.1 Å². The molecule has 0 radical (unpaired) electrons. The molecule has 0 bridgehead atoms. The van der Waals surface area contributed by atoms with Gasteiger partial charge in [0.15, 0.2) is 0 Å². The smallest absolute Gasteiger partial charge is 0.319 e. The Bertz CT molecular complexity index is 861. The fraction of sp³-hybridized carbons (Fsp3) is 0.167. The van der Waals surface area contributed by atoms with Gasteiger partial charge in [-0.1, -0.05) is 23.4 Å². The summed E-state index contributed by atoms with van der Waals surface area (Å²) in [5.41, 5.74) is 2.59. The zero-order chi connectivity index (χ0) is 17.1. The molecule has 7 nitrogen and oxygen atoms in total. The second kappa shape index (κ2) is 6.64. The molecule has 2 amide bonds. The molecule has 2 heterocycles. The normalized spacial score (nSPS) is 15.8. The van der Waals surface area contributed by atoms with Gasteiger partial charge in [-0.15, -0.1) is 5.10 Å². The predicted molar refractivity (Wildman–Crippen MR) is 92.8 cm³/mol. The summed E-state index contributed by atoms with van der Waals surface area (Å²) >= 11 is 0. The molecule has 3 aromatic rings. The van der Waals surface area contributed by atoms with E-state index in [2.05, 4.69) is 20.9 Å². The van der Waals surface area contributed by atoms with Gasteiger partial charge in [-0.25, -0.2) is 9.48 Å². The van der Waals surface area contributed by atoms with Crippen LogP contribution in [-0.4, -0.2) is 27.6 Å². The average Bonchev–Trinajstić information content (AvgIpc) is 3.17. The Kier molecular flexibility index (Phi) is 4.04. The molecule has 1 atom stereocenters. The van der Waals surface area contributed by atoms with Crippen LogP contribution in [0.2, 0.25) is 0 Å². The van der Waals surface area contributed by atoms with Crippen LogP contribution in [0.5, 0.6) is 5.75 Å². The van der Waals surface area contributed by atoms with Crippen molar-refractivity contribution in [3.63, 3.8) is 0 Å². The van der Waals surface area contributed by atoms with E-state index >= 15 is 0 Å². The number of ether oxygens (including phenoxy) is 1. The summed E-state index contributed by atoms with van der Waals surface area (Å²) in [5.74, 6) is 0.830. The third kappa shape index (κ3) is 3.30. The third-order valence-corrected chi connectivity index (χ3v) is 4.08. The van der Waals surface area contributed by atoms with Crippen LogP contribution in [0.25, 0.3) is 5.69 Å². The standard InChI is InChI=1S/C18H17N5O2/c24-18(21-16-9-12-25-17-4-2-1-3-15(16)17)20-13-5-7-14(8-6-13)23-11-10-19-22-23/h1-8,10-11,16H,9,12H2,(H2,20,21,24). The van der Waals surface area contributed by atoms with E-state index in [0.717, 1.165) is 23.4 Å². The minimum absolute atomic E-state index is 0.0561. The summed E-state index contributed by atoms with van der Waals surface area (Å²) in [4.78, 5) is 12.3. The lowest BCUT2D eigenvalue weighted by molar-refractivity contribution is 0.232. The van der Waals surface area contributed by atoms with Crippen LogP contribution in [0.1, 0.15) is 18.0 Å². The molecule has 1 aliphatic heterocycles. The summed E-state index contributed by atoms with van der Waals surface area (Å²) in [6, 6.07) is 14.9. The average molecular weight is 335 g/mol. The second-order valence-corrected chi connectivity index (χ2v) is 5.72. The molecule has 0 saturated heterocycles. The summed E-state index contributed by atoms with van der Waals surface area (Å²) in [6.07, 6.45) is 4.12. The first-order chi connectivity index (χ1) is 12.3. The lowest BCUT2D eigenvalue weighted by atomic mass is 10.0. The lowest BCUT2D eigenvalue weighted by Gasteiger charge is -2.26. The van der Waals surface area contributed by atoms with Crippen molar-refractivity contribution >= 4 is 11.7 Å². The van der Waals surface area contributed by atoms with Gasteiger partial charge in [-0.2, -0.15) is 0 Å². The van der Waals surface area contributed by atoms with E-state index in [9.17, 15) is 4.79 Å². The summed E-state index contributed by atoms with van der Waals surface area (Å²) in [7, 11) is 0. The molecule has 1 unspecified atom stereocenters. The van der Waals surface area contributed by atoms with E-state index < -0.39 is 0 Å². The zero-order valence-corrected chi connectivity index (χ0v) is 13.4. The molecule has 0 aliphatic carbocycles. The number of hydrogen-bond donors (Lipinski definition) is 2. The number of para-hydroxylation sites is 1. The van der Waals surface area contributed by atoms with Crippen LogP contribution in [0, 0.1) is 0 Å². The van der Waals surface area contributed by atoms with Gasteiger partial charge in [0.2, 0.25) is 0 Å². The number of nitrogens with zero attached hydrogens (tertiary/aromatic N) is 3. The Morgan fingerprint density at radius 2 is 2.00 bits per heavy atom. The maximum atomic E-state index is 12.3. The number of carbonyl (C=O) groups excluding carboxylic acids is 1. The van der Waals surface area contributed by atoms with Gasteiger partial charge in [-0.3, -0.25) is 0 Å². The Morgan fingerprint density at radius 3 is 2.80 bits per heavy atom. The van der Waals surface area contributed by atoms with E-state index in [1.807, 2.05) is 48.5 Å². The zero-order valence-electron chi connectivity index (χ0n) is 13.4. The van der Waals surface area contributed by atoms with Crippen molar-refractivity contribution in [1.82, 2.24) is 20.3 Å². The van der Waals surface area contributed by atoms with Crippen LogP contribution < -0.4 is 15.4 Å². The number of hydrogen-bond acceptors (Lipinski definition) is 4. The number of fused-ring (bicyclic) bond motifs is 1. The number of anilines is 1. The Labute approximate surface area is 144 Å². The first-order valence-electron chi connectivity index (χ1n) is 8.05. The minimum atomic E-state index is -0.241. The van der Waals surface area contributed by atoms with Gasteiger partial charge in [0.25, 0.3) is 0 Å². The highest BCUT2D eigenvalue weighted by Gasteiger charge is 2.22. The van der Waals surface area contributed by atoms with E-state index in [-0.39, 0.29) is 12.1 Å². The van der Waals surface area contributed by atoms with E-state index in [1.165, 1.54) is 0 Å². The van der Waals surface area contributed by atoms with Crippen LogP contribution in [-0.2, 0) is 0 Å². The molecule has 126 valence electrons. The van der Waals surface area contributed by atoms with Crippen molar-refractivity contribution in [2.24, 2.45) is 0 Å². The predicted octanol–water partition coefficient (Wildman–Crippen LogP) is 2.91. The maximum absolute atomic E-state index is 12.3. The number of nitrogens with one attached hydrogen (secondary N) is 2. The Balaban J connectivity index is 1.41. The Morgan fingerprint density at radius 1 is 1.16 bits per heavy atom. The maximum Gasteiger partial charge on any atom is 0.319 e. The number of carbonyl (C=O) groups is 1. The van der Waals surface area contributed by atoms with Crippen LogP contribution in [0.15, 0.2) is 60.9 Å². The second-order valence-electron chi connectivity index (χ2n) is 5.72. The van der Waals surface area contributed by atoms with Crippen LogP contribution >= 0.6 is 0 Å². The molecule has 0 fully saturated rings. The van der Waals surface area contributed by atoms with Gasteiger partial charge in [-0.05, 0) is 30.3 Å². The highest BCUT2D eigenvalue weighted by molar-refractivity contribution is 5.89. The number of aromatic nitrogens is 3. The van der Waals surface area contributed by atoms with Gasteiger partial charge in [0, 0.05) is 17.7 Å². The molecule has 0 saturated carbocycles. The van der Waals surface area contributed by atoms with Crippen molar-refractivity contribution in [3.05, 3.63) is 66.5 Å². The number of benzene rings is 2. The first-order valence-corrected chi connectivity index (χ1v) is 8.05. The molecule has 2 N–H and O–H groups in total. The molecule has 2 aromatic carbocycles. The highest BCUT2D eigenvalue weighted by Crippen LogP contribution is 2.31. The van der Waals surface area contributed by atoms with E-state index in [0.29, 0.717) is 12.3 Å². The largest absolute Gasteiger partial charge is 0.493 e. The third-order valence-electron chi connectivity index (χ3n) is 4.08. The van der Waals surface area contributed by atoms with Crippen LogP contribution in [0.3, 0.4) is 0 Å². The quantitative estimate of drug-likeness (QED) is 0.771. The van der Waals surface area contributed by atoms with Gasteiger partial charge in [0.05, 0.1) is 30.7 Å². The molecular formula is C18H17N5O2. The fourth-order valence-corrected chi connectivity index (χ4v) is 2.86. The van der Waals surface area contributed by atoms with E-state index in [4.69, 9.17) is 4.74 Å². The SMILES string of the molecule is O=C(Nc1ccc(-n2ccnn2)cc1)NC1CCOc2ccccc21. The molecule has 25 heavy (non-hydrogen) atoms. The van der Waals surface area contributed by atoms with Crippen molar-refractivity contribution in [1.29, 1.82) is 0 Å². The summed E-state index contributed by atoms with van der Waals surface area (Å²) in [5, 5.41) is 13.6. The van der Waals surface area contributed by atoms with Crippen molar-refractivity contribution < 1.29 is 9.53 Å². The molecule has 1 aromatic heterocycles. The minimum Gasteiger partial charge on any atom is -0.493 e.